The predicted octanol–water partition coefficient (Wildman–Crippen LogP) is 28.3. The molecule has 12 aromatic rings. The van der Waals surface area contributed by atoms with Gasteiger partial charge in [-0.25, -0.2) is 8.80 Å². The Labute approximate surface area is 944 Å². The molecule has 0 atom stereocenters. The molecule has 2 radical (unpaired) electrons. The molecule has 0 bridgehead atoms. The van der Waals surface area contributed by atoms with Crippen molar-refractivity contribution in [1.82, 2.24) is 18.8 Å². The molecule has 790 valence electrons. The predicted molar refractivity (Wildman–Crippen MR) is 601 cm³/mol. The number of anilines is 2. The largest absolute Gasteiger partial charge is 0.699 e. The molecule has 148 heavy (non-hydrogen) atoms. The minimum atomic E-state index is -0.546. The summed E-state index contributed by atoms with van der Waals surface area (Å²) in [6.07, 6.45) is 42.8. The third kappa shape index (κ3) is 49.9. The van der Waals surface area contributed by atoms with Gasteiger partial charge in [0.15, 0.2) is 17.3 Å². The summed E-state index contributed by atoms with van der Waals surface area (Å²) in [6.45, 7) is 20.5. The van der Waals surface area contributed by atoms with E-state index in [1.807, 2.05) is 98.8 Å². The van der Waals surface area contributed by atoms with E-state index in [2.05, 4.69) is 120 Å². The number of nitrogens with one attached hydrogen (secondary N) is 4. The van der Waals surface area contributed by atoms with Crippen LogP contribution in [-0.4, -0.2) is 80.7 Å². The van der Waals surface area contributed by atoms with Crippen LogP contribution in [-0.2, 0) is 12.8 Å². The molecule has 0 aliphatic heterocycles. The van der Waals surface area contributed by atoms with Crippen molar-refractivity contribution in [3.8, 4) is 41.0 Å². The number of hydrogen-bond donors (Lipinski definition) is 10. The summed E-state index contributed by atoms with van der Waals surface area (Å²) in [5.41, 5.74) is 64.7. The molecule has 0 amide bonds. The Morgan fingerprint density at radius 2 is 0.696 bits per heavy atom. The number of unbranched alkanes of at least 4 members (excludes halogenated alkanes) is 22. The molecular weight excluding hydrogens is 2300 g/mol. The molecule has 8 aromatic carbocycles. The van der Waals surface area contributed by atoms with Crippen LogP contribution in [0.1, 0.15) is 237 Å². The van der Waals surface area contributed by atoms with E-state index in [0.717, 1.165) is 96.1 Å². The Morgan fingerprint density at radius 1 is 0.378 bits per heavy atom. The molecule has 0 aliphatic carbocycles. The van der Waals surface area contributed by atoms with Crippen LogP contribution in [0, 0.1) is 199 Å². The van der Waals surface area contributed by atoms with Crippen LogP contribution < -0.4 is 57.0 Å². The maximum atomic E-state index is 13.5. The van der Waals surface area contributed by atoms with Gasteiger partial charge >= 0.3 is 11.4 Å². The third-order valence-electron chi connectivity index (χ3n) is 21.9. The number of nitrogen functional groups attached to an aromatic ring is 2. The molecule has 12 rings (SSSR count). The first-order chi connectivity index (χ1) is 70.6. The maximum Gasteiger partial charge on any atom is 0.416 e. The summed E-state index contributed by atoms with van der Waals surface area (Å²) in [7, 11) is 9.00. The van der Waals surface area contributed by atoms with E-state index in [1.54, 1.807) is 82.3 Å². The van der Waals surface area contributed by atoms with Crippen LogP contribution in [0.15, 0.2) is 242 Å². The Hall–Kier alpha value is -12.7. The summed E-state index contributed by atoms with van der Waals surface area (Å²) in [5.74, 6) is 0.452. The van der Waals surface area contributed by atoms with Crippen molar-refractivity contribution in [3.05, 3.63) is 346 Å². The van der Waals surface area contributed by atoms with Crippen molar-refractivity contribution in [2.45, 2.75) is 235 Å². The fraction of sp³-hybridized carbons (Fsp3) is 0.378. The van der Waals surface area contributed by atoms with E-state index in [-0.39, 0.29) is 156 Å². The zero-order chi connectivity index (χ0) is 109. The molecule has 0 aliphatic rings. The molecule has 0 spiro atoms. The minimum Gasteiger partial charge on any atom is -0.699 e. The number of fused-ring (bicyclic) bond motifs is 2. The van der Waals surface area contributed by atoms with Crippen LogP contribution in [0.3, 0.4) is 0 Å². The number of nitro groups is 4. The quantitative estimate of drug-likeness (QED) is 0.00426. The summed E-state index contributed by atoms with van der Waals surface area (Å²) >= 11 is 0. The Bertz CT molecular complexity index is 6200. The van der Waals surface area contributed by atoms with E-state index < -0.39 is 19.7 Å². The molecule has 35 nitrogen and oxygen atoms in total. The molecular formula is C111H154Ac2N25O10-. The van der Waals surface area contributed by atoms with Crippen LogP contribution >= 0.6 is 0 Å². The average Bonchev–Trinajstić information content (AvgIpc) is 1.60. The van der Waals surface area contributed by atoms with Gasteiger partial charge in [0.25, 0.3) is 34.8 Å². The van der Waals surface area contributed by atoms with Crippen molar-refractivity contribution in [3.63, 3.8) is 0 Å². The van der Waals surface area contributed by atoms with Crippen LogP contribution in [0.5, 0.6) is 0 Å². The fourth-order valence-electron chi connectivity index (χ4n) is 14.7. The smallest absolute Gasteiger partial charge is 0.416 e. The number of allylic oxidation sites excluding steroid dienone is 4. The van der Waals surface area contributed by atoms with Gasteiger partial charge in [0.1, 0.15) is 45.9 Å². The van der Waals surface area contributed by atoms with Gasteiger partial charge in [0, 0.05) is 153 Å². The van der Waals surface area contributed by atoms with Gasteiger partial charge < -0.3 is 67.3 Å². The van der Waals surface area contributed by atoms with Crippen LogP contribution in [0.25, 0.3) is 49.9 Å². The van der Waals surface area contributed by atoms with Crippen molar-refractivity contribution in [2.75, 3.05) is 53.8 Å². The number of nitriles is 2. The van der Waals surface area contributed by atoms with Crippen molar-refractivity contribution in [2.24, 2.45) is 54.9 Å². The summed E-state index contributed by atoms with van der Waals surface area (Å²) in [4.78, 5) is 77.7. The monoisotopic (exact) mass is 2450 g/mol. The fourth-order valence-corrected chi connectivity index (χ4v) is 14.7. The van der Waals surface area contributed by atoms with E-state index in [9.17, 15) is 60.6 Å². The van der Waals surface area contributed by atoms with Gasteiger partial charge in [0.2, 0.25) is 0 Å². The third-order valence-corrected chi connectivity index (χ3v) is 21.9. The van der Waals surface area contributed by atoms with Gasteiger partial charge in [0.05, 0.1) is 25.4 Å². The molecule has 0 unspecified atom stereocenters. The van der Waals surface area contributed by atoms with Crippen LogP contribution in [0.2, 0.25) is 0 Å². The molecule has 4 aromatic heterocycles. The van der Waals surface area contributed by atoms with E-state index in [1.165, 1.54) is 227 Å². The first-order valence-electron chi connectivity index (χ1n) is 49.3. The maximum absolute atomic E-state index is 13.5. The van der Waals surface area contributed by atoms with Gasteiger partial charge in [-0.05, 0) is 229 Å². The average molecular weight is 2450 g/mol. The number of aromatic nitrogens is 4. The number of azo groups is 2. The zero-order valence-corrected chi connectivity index (χ0v) is 98.2. The number of benzene rings is 8. The number of rotatable bonds is 40. The topological polar surface area (TPSA) is 604 Å². The number of H-pyrrole nitrogens is 2. The second kappa shape index (κ2) is 82.3. The summed E-state index contributed by atoms with van der Waals surface area (Å²) < 4.78 is 2.80. The first-order valence-corrected chi connectivity index (χ1v) is 49.3. The van der Waals surface area contributed by atoms with Crippen molar-refractivity contribution in [1.29, 1.82) is 10.5 Å². The molecule has 20 N–H and O–H groups in total. The van der Waals surface area contributed by atoms with Crippen molar-refractivity contribution < 1.29 is 108 Å². The van der Waals surface area contributed by atoms with Gasteiger partial charge in [-0.3, -0.25) is 50.0 Å². The van der Waals surface area contributed by atoms with Crippen LogP contribution in [0.4, 0.5) is 74.2 Å². The number of nitrogens with two attached hydrogens (primary N) is 8. The SMILES string of the molecule is C#[N+]c1ccc(C)cc1[N+](=O)[O-].CCCCCCCC/C=C/CCCCCCCc1cc(=O)n2c(N=Nc3ccc(C)cc3N)c(-c3ccccc3)c(C#N)c2[nH]1.CCCCCCCC/C=C/CCCCCCCc1cc(=O)n2c(N=Nc3ccc(C)cc3[N+](=O)[O-])c(-c3ccccc3)c(C#N)c2[nH]1.CN.CN.CN.CN.CN.CN.Cc1ccc(N)c([N+](=O)[O-])c1.Cc1ccc([NH-])c([N+](=O)[O-])c1.Cc1ccc([NH-])cc1.[Ac].[Ac]. The van der Waals surface area contributed by atoms with Gasteiger partial charge in [-0.15, -0.1) is 26.1 Å². The zero-order valence-electron chi connectivity index (χ0n) is 88.8. The number of aromatic amines is 2. The van der Waals surface area contributed by atoms with Gasteiger partial charge in [-0.2, -0.15) is 10.5 Å². The molecule has 4 heterocycles. The number of hydrogen-bond acceptors (Lipinski definition) is 24. The standard InChI is InChI=1S/C38H46N6O3.C38H48N6O.C8H7N2O2.C7H8N2O2.C7H7N2O2.C7H8N.6CH5N.2Ac/c1-3-4-5-6-7-8-9-10-11-12-13-14-15-16-20-23-31-27-35(45)43-37(40-31)32(28-39)36(30-21-18-17-19-22-30)38(43)42-41-33-25-24-29(2)26-34(33)44(46)47;1-3-4-5-6-7-8-9-10-11-12-13-14-15-16-20-23-31-27-35(45)44-37(41-31)32(28-39)36(30-21-18-17-19-22-30)38(44)43-42-34-25-24-29(2)26-33(34)40;1-6-3-4-7(9-2)8(5-6)10(11)12;2*1-5-2-3-6(8)7(4-5)9(10)11;1-6-2-4-7(8)5-3-6;6*1-2;;/h10-11,17-19,21-22,24-27,40H,3-9,12-16,20,23H2,1-2H3;10-11,17-19,21-22,24-27,41H,3-9,12-16,20,23,40H2,1-2H3;2-5H,1H3;2-4H,8H2,1H3;2-4,8H,1H3;2-5,8H,1H3;6*2H2,1H3;;/q;;+1;;2*-1;;;;;;;;/b11-10+,42-41?;11-10+,43-42?;;;;;;;;;;;;. The molecule has 0 fully saturated rings. The Morgan fingerprint density at radius 3 is 1.05 bits per heavy atom. The van der Waals surface area contributed by atoms with E-state index in [4.69, 9.17) is 29.5 Å². The second-order valence-corrected chi connectivity index (χ2v) is 33.0. The van der Waals surface area contributed by atoms with E-state index in [0.29, 0.717) is 62.8 Å². The minimum absolute atomic E-state index is 0. The van der Waals surface area contributed by atoms with Gasteiger partial charge in [-0.1, -0.05) is 273 Å². The van der Waals surface area contributed by atoms with E-state index >= 15 is 0 Å². The number of nitro benzene ring substituents is 4. The molecule has 0 saturated carbocycles. The normalized spacial score (nSPS) is 10.1. The number of aryl methyl sites for hydroxylation is 8. The summed E-state index contributed by atoms with van der Waals surface area (Å²) in [5, 5.41) is 80.7. The molecule has 0 saturated heterocycles. The second-order valence-electron chi connectivity index (χ2n) is 33.0. The van der Waals surface area contributed by atoms with Crippen molar-refractivity contribution >= 4 is 85.5 Å². The Balaban J connectivity index is 0. The first kappa shape index (κ1) is 137. The Kier molecular flexibility index (Phi) is 76.4. The molecule has 37 heteroatoms. The number of nitrogens with zero attached hydrogens (tertiary/aromatic N) is 13. The summed E-state index contributed by atoms with van der Waals surface area (Å²) in [6, 6.07) is 58.0.